The first-order chi connectivity index (χ1) is 12.1. The molecule has 132 valence electrons. The number of hydrogen-bond donors (Lipinski definition) is 1. The van der Waals surface area contributed by atoms with E-state index >= 15 is 0 Å². The summed E-state index contributed by atoms with van der Waals surface area (Å²) in [5.74, 6) is 0.351. The summed E-state index contributed by atoms with van der Waals surface area (Å²) in [7, 11) is 0. The SMILES string of the molecule is CC(C)C(=O)N1CCCC(NCc2ccc(-c3ccccn3)cc2)C1. The minimum atomic E-state index is 0.0814. The molecule has 3 rings (SSSR count). The molecule has 2 heterocycles. The van der Waals surface area contributed by atoms with Crippen LogP contribution in [0.5, 0.6) is 0 Å². The van der Waals surface area contributed by atoms with E-state index in [1.807, 2.05) is 43.1 Å². The van der Waals surface area contributed by atoms with Gasteiger partial charge in [0, 0.05) is 43.4 Å². The molecule has 4 heteroatoms. The topological polar surface area (TPSA) is 45.2 Å². The quantitative estimate of drug-likeness (QED) is 0.908. The van der Waals surface area contributed by atoms with E-state index in [1.165, 1.54) is 5.56 Å². The molecule has 1 unspecified atom stereocenters. The number of nitrogens with one attached hydrogen (secondary N) is 1. The summed E-state index contributed by atoms with van der Waals surface area (Å²) in [6, 6.07) is 14.9. The predicted octanol–water partition coefficient (Wildman–Crippen LogP) is 3.49. The van der Waals surface area contributed by atoms with E-state index in [0.717, 1.165) is 43.7 Å². The Kier molecular flexibility index (Phi) is 5.82. The molecule has 4 nitrogen and oxygen atoms in total. The first-order valence-electron chi connectivity index (χ1n) is 9.16. The maximum Gasteiger partial charge on any atom is 0.225 e. The second-order valence-corrected chi connectivity index (χ2v) is 7.07. The highest BCUT2D eigenvalue weighted by atomic mass is 16.2. The van der Waals surface area contributed by atoms with Gasteiger partial charge in [0.15, 0.2) is 0 Å². The third-order valence-electron chi connectivity index (χ3n) is 4.74. The van der Waals surface area contributed by atoms with Crippen LogP contribution >= 0.6 is 0 Å². The Labute approximate surface area is 150 Å². The van der Waals surface area contributed by atoms with E-state index in [-0.39, 0.29) is 11.8 Å². The summed E-state index contributed by atoms with van der Waals surface area (Å²) >= 11 is 0. The number of hydrogen-bond acceptors (Lipinski definition) is 3. The standard InChI is InChI=1S/C21H27N3O/c1-16(2)21(25)24-13-5-6-19(15-24)23-14-17-8-10-18(11-9-17)20-7-3-4-12-22-20/h3-4,7-12,16,19,23H,5-6,13-15H2,1-2H3. The lowest BCUT2D eigenvalue weighted by Gasteiger charge is -2.34. The number of likely N-dealkylation sites (tertiary alicyclic amines) is 1. The van der Waals surface area contributed by atoms with Crippen LogP contribution in [0.15, 0.2) is 48.7 Å². The Bertz CT molecular complexity index is 682. The van der Waals surface area contributed by atoms with Crippen LogP contribution in [-0.2, 0) is 11.3 Å². The van der Waals surface area contributed by atoms with Crippen molar-refractivity contribution in [1.82, 2.24) is 15.2 Å². The molecule has 2 aromatic rings. The number of amides is 1. The van der Waals surface area contributed by atoms with Crippen LogP contribution in [0.1, 0.15) is 32.3 Å². The number of rotatable bonds is 5. The first kappa shape index (κ1) is 17.6. The van der Waals surface area contributed by atoms with E-state index in [0.29, 0.717) is 6.04 Å². The Morgan fingerprint density at radius 1 is 1.24 bits per heavy atom. The molecule has 1 N–H and O–H groups in total. The van der Waals surface area contributed by atoms with Gasteiger partial charge in [0.05, 0.1) is 5.69 Å². The van der Waals surface area contributed by atoms with E-state index in [4.69, 9.17) is 0 Å². The minimum absolute atomic E-state index is 0.0814. The van der Waals surface area contributed by atoms with Crippen LogP contribution in [0.4, 0.5) is 0 Å². The molecule has 0 aliphatic carbocycles. The van der Waals surface area contributed by atoms with Gasteiger partial charge in [-0.2, -0.15) is 0 Å². The average molecular weight is 337 g/mol. The highest BCUT2D eigenvalue weighted by Gasteiger charge is 2.24. The van der Waals surface area contributed by atoms with Crippen molar-refractivity contribution >= 4 is 5.91 Å². The van der Waals surface area contributed by atoms with Crippen LogP contribution in [0, 0.1) is 5.92 Å². The van der Waals surface area contributed by atoms with Gasteiger partial charge in [-0.25, -0.2) is 0 Å². The maximum absolute atomic E-state index is 12.2. The molecule has 0 radical (unpaired) electrons. The zero-order valence-electron chi connectivity index (χ0n) is 15.1. The van der Waals surface area contributed by atoms with Crippen molar-refractivity contribution in [2.24, 2.45) is 5.92 Å². The molecule has 1 aromatic heterocycles. The molecule has 1 amide bonds. The van der Waals surface area contributed by atoms with Gasteiger partial charge in [0.25, 0.3) is 0 Å². The van der Waals surface area contributed by atoms with Gasteiger partial charge in [-0.3, -0.25) is 9.78 Å². The first-order valence-corrected chi connectivity index (χ1v) is 9.16. The molecule has 1 aliphatic rings. The summed E-state index contributed by atoms with van der Waals surface area (Å²) in [4.78, 5) is 18.6. The number of carbonyl (C=O) groups is 1. The Morgan fingerprint density at radius 2 is 2.04 bits per heavy atom. The van der Waals surface area contributed by atoms with Crippen LogP contribution in [0.25, 0.3) is 11.3 Å². The van der Waals surface area contributed by atoms with E-state index in [9.17, 15) is 4.79 Å². The largest absolute Gasteiger partial charge is 0.341 e. The smallest absolute Gasteiger partial charge is 0.225 e. The number of carbonyl (C=O) groups excluding carboxylic acids is 1. The number of aromatic nitrogens is 1. The second-order valence-electron chi connectivity index (χ2n) is 7.07. The monoisotopic (exact) mass is 337 g/mol. The summed E-state index contributed by atoms with van der Waals surface area (Å²) in [5, 5.41) is 3.61. The zero-order chi connectivity index (χ0) is 17.6. The summed E-state index contributed by atoms with van der Waals surface area (Å²) in [5.41, 5.74) is 3.39. The summed E-state index contributed by atoms with van der Waals surface area (Å²) in [6.07, 6.45) is 4.03. The molecule has 1 fully saturated rings. The molecule has 0 saturated carbocycles. The molecule has 0 bridgehead atoms. The van der Waals surface area contributed by atoms with Gasteiger partial charge in [0.2, 0.25) is 5.91 Å². The fourth-order valence-electron chi connectivity index (χ4n) is 3.30. The van der Waals surface area contributed by atoms with Gasteiger partial charge in [-0.05, 0) is 30.5 Å². The van der Waals surface area contributed by atoms with Gasteiger partial charge >= 0.3 is 0 Å². The Balaban J connectivity index is 1.54. The molecule has 0 spiro atoms. The second kappa shape index (κ2) is 8.26. The minimum Gasteiger partial charge on any atom is -0.341 e. The van der Waals surface area contributed by atoms with Gasteiger partial charge in [-0.15, -0.1) is 0 Å². The van der Waals surface area contributed by atoms with Crippen molar-refractivity contribution in [2.75, 3.05) is 13.1 Å². The van der Waals surface area contributed by atoms with Crippen molar-refractivity contribution in [3.8, 4) is 11.3 Å². The molecule has 1 aromatic carbocycles. The van der Waals surface area contributed by atoms with E-state index in [2.05, 4.69) is 34.6 Å². The highest BCUT2D eigenvalue weighted by molar-refractivity contribution is 5.78. The van der Waals surface area contributed by atoms with Crippen LogP contribution in [0.2, 0.25) is 0 Å². The fraction of sp³-hybridized carbons (Fsp3) is 0.429. The third-order valence-corrected chi connectivity index (χ3v) is 4.74. The van der Waals surface area contributed by atoms with Crippen molar-refractivity contribution in [1.29, 1.82) is 0 Å². The van der Waals surface area contributed by atoms with Crippen molar-refractivity contribution < 1.29 is 4.79 Å². The zero-order valence-corrected chi connectivity index (χ0v) is 15.1. The summed E-state index contributed by atoms with van der Waals surface area (Å²) < 4.78 is 0. The Hall–Kier alpha value is -2.20. The number of nitrogens with zero attached hydrogens (tertiary/aromatic N) is 2. The highest BCUT2D eigenvalue weighted by Crippen LogP contribution is 2.18. The molecule has 1 atom stereocenters. The van der Waals surface area contributed by atoms with Gasteiger partial charge in [-0.1, -0.05) is 44.2 Å². The van der Waals surface area contributed by atoms with Gasteiger partial charge in [0.1, 0.15) is 0 Å². The summed E-state index contributed by atoms with van der Waals surface area (Å²) in [6.45, 7) is 6.50. The molecule has 1 saturated heterocycles. The number of piperidine rings is 1. The average Bonchev–Trinajstić information content (AvgIpc) is 2.67. The fourth-order valence-corrected chi connectivity index (χ4v) is 3.30. The van der Waals surface area contributed by atoms with Crippen molar-refractivity contribution in [2.45, 2.75) is 39.3 Å². The number of pyridine rings is 1. The molecular formula is C21H27N3O. The van der Waals surface area contributed by atoms with Crippen LogP contribution < -0.4 is 5.32 Å². The lowest BCUT2D eigenvalue weighted by atomic mass is 10.0. The normalized spacial score (nSPS) is 17.7. The Morgan fingerprint density at radius 3 is 2.72 bits per heavy atom. The lowest BCUT2D eigenvalue weighted by molar-refractivity contribution is -0.135. The van der Waals surface area contributed by atoms with E-state index in [1.54, 1.807) is 0 Å². The lowest BCUT2D eigenvalue weighted by Crippen LogP contribution is -2.48. The predicted molar refractivity (Wildman–Crippen MR) is 101 cm³/mol. The van der Waals surface area contributed by atoms with E-state index < -0.39 is 0 Å². The maximum atomic E-state index is 12.2. The molecular weight excluding hydrogens is 310 g/mol. The number of benzene rings is 1. The van der Waals surface area contributed by atoms with Crippen LogP contribution in [0.3, 0.4) is 0 Å². The molecule has 1 aliphatic heterocycles. The molecule has 25 heavy (non-hydrogen) atoms. The van der Waals surface area contributed by atoms with Gasteiger partial charge < -0.3 is 10.2 Å². The van der Waals surface area contributed by atoms with Crippen molar-refractivity contribution in [3.05, 3.63) is 54.2 Å². The van der Waals surface area contributed by atoms with Crippen LogP contribution in [-0.4, -0.2) is 34.9 Å². The third kappa shape index (κ3) is 4.67. The van der Waals surface area contributed by atoms with Crippen molar-refractivity contribution in [3.63, 3.8) is 0 Å².